The molecule has 0 fully saturated rings. The molecule has 5 N–H and O–H groups in total. The number of nitrogens with two attached hydrogens (primary N) is 1. The Hall–Kier alpha value is -1.50. The maximum atomic E-state index is 10.6. The highest BCUT2D eigenvalue weighted by Crippen LogP contribution is 2.03. The molecule has 0 saturated carbocycles. The number of carbonyl (C=O) groups is 1. The molecular weight excluding hydrogens is 236 g/mol. The smallest absolute Gasteiger partial charge is 0.354 e. The Morgan fingerprint density at radius 2 is 1.89 bits per heavy atom. The fourth-order valence-corrected chi connectivity index (χ4v) is 1.16. The minimum atomic E-state index is -1.01. The second kappa shape index (κ2) is 10.6. The molecule has 1 rings (SSSR count). The van der Waals surface area contributed by atoms with Crippen LogP contribution < -0.4 is 5.73 Å². The van der Waals surface area contributed by atoms with E-state index in [1.807, 2.05) is 0 Å². The van der Waals surface area contributed by atoms with E-state index in [9.17, 15) is 4.79 Å². The van der Waals surface area contributed by atoms with Crippen LogP contribution in [0.5, 0.6) is 0 Å². The van der Waals surface area contributed by atoms with Crippen LogP contribution in [0.3, 0.4) is 0 Å². The Morgan fingerprint density at radius 3 is 2.39 bits per heavy atom. The topological polar surface area (TPSA) is 117 Å². The average molecular weight is 256 g/mol. The number of aromatic nitrogens is 1. The lowest BCUT2D eigenvalue weighted by molar-refractivity contribution is 0.0690. The summed E-state index contributed by atoms with van der Waals surface area (Å²) in [5, 5.41) is 25.0. The number of hydrogen-bond donors (Lipinski definition) is 4. The quantitative estimate of drug-likeness (QED) is 0.534. The van der Waals surface area contributed by atoms with Gasteiger partial charge < -0.3 is 21.1 Å². The van der Waals surface area contributed by atoms with Crippen molar-refractivity contribution >= 4 is 5.97 Å². The van der Waals surface area contributed by atoms with Gasteiger partial charge in [-0.2, -0.15) is 0 Å². The summed E-state index contributed by atoms with van der Waals surface area (Å²) < 4.78 is 0. The normalized spacial score (nSPS) is 9.50. The molecule has 0 saturated heterocycles. The number of pyridine rings is 1. The van der Waals surface area contributed by atoms with Crippen LogP contribution in [0.15, 0.2) is 18.2 Å². The number of nitrogens with zero attached hydrogens (tertiary/aromatic N) is 1. The van der Waals surface area contributed by atoms with Gasteiger partial charge in [0.05, 0.1) is 6.61 Å². The van der Waals surface area contributed by atoms with E-state index in [0.29, 0.717) is 13.0 Å². The molecule has 0 aromatic carbocycles. The molecule has 0 aliphatic heterocycles. The van der Waals surface area contributed by atoms with Crippen LogP contribution in [0.2, 0.25) is 0 Å². The minimum Gasteiger partial charge on any atom is -0.477 e. The van der Waals surface area contributed by atoms with Gasteiger partial charge in [0.25, 0.3) is 0 Å². The molecule has 1 heterocycles. The van der Waals surface area contributed by atoms with Crippen LogP contribution >= 0.6 is 0 Å². The second-order valence-electron chi connectivity index (χ2n) is 3.51. The molecular formula is C12H20N2O4. The Kier molecular flexibility index (Phi) is 9.75. The Morgan fingerprint density at radius 1 is 1.22 bits per heavy atom. The highest BCUT2D eigenvalue weighted by molar-refractivity contribution is 5.85. The van der Waals surface area contributed by atoms with E-state index < -0.39 is 5.97 Å². The standard InChI is InChI=1S/C10H13NO3.C2H7NO/c12-7-2-1-4-8-5-3-6-9(11-8)10(13)14;3-1-2-4/h3,5-6,12H,1-2,4,7H2,(H,13,14);4H,1-3H2. The molecule has 0 unspecified atom stereocenters. The number of unbranched alkanes of at least 4 members (excludes halogenated alkanes) is 1. The van der Waals surface area contributed by atoms with Crippen molar-refractivity contribution in [1.29, 1.82) is 0 Å². The van der Waals surface area contributed by atoms with Crippen LogP contribution in [0.1, 0.15) is 29.0 Å². The molecule has 102 valence electrons. The van der Waals surface area contributed by atoms with Gasteiger partial charge in [0.15, 0.2) is 0 Å². The monoisotopic (exact) mass is 256 g/mol. The number of carboxylic acid groups (broad SMARTS) is 1. The minimum absolute atomic E-state index is 0.0755. The number of carboxylic acids is 1. The maximum absolute atomic E-state index is 10.6. The van der Waals surface area contributed by atoms with Gasteiger partial charge in [0, 0.05) is 18.8 Å². The Balaban J connectivity index is 0.000000631. The predicted octanol–water partition coefficient (Wildman–Crippen LogP) is 0.0322. The molecule has 0 atom stereocenters. The molecule has 1 aromatic heterocycles. The zero-order valence-corrected chi connectivity index (χ0v) is 10.2. The van der Waals surface area contributed by atoms with Crippen LogP contribution in [-0.4, -0.2) is 46.0 Å². The van der Waals surface area contributed by atoms with Gasteiger partial charge >= 0.3 is 5.97 Å². The van der Waals surface area contributed by atoms with Crippen molar-refractivity contribution in [2.24, 2.45) is 5.73 Å². The van der Waals surface area contributed by atoms with Gasteiger partial charge in [-0.05, 0) is 31.4 Å². The summed E-state index contributed by atoms with van der Waals surface area (Å²) in [4.78, 5) is 14.5. The summed E-state index contributed by atoms with van der Waals surface area (Å²) >= 11 is 0. The van der Waals surface area contributed by atoms with E-state index in [4.69, 9.17) is 21.1 Å². The lowest BCUT2D eigenvalue weighted by atomic mass is 10.2. The summed E-state index contributed by atoms with van der Waals surface area (Å²) in [5.41, 5.74) is 5.62. The van der Waals surface area contributed by atoms with Crippen LogP contribution in [0.25, 0.3) is 0 Å². The van der Waals surface area contributed by atoms with E-state index in [1.54, 1.807) is 12.1 Å². The van der Waals surface area contributed by atoms with E-state index in [0.717, 1.165) is 18.5 Å². The Labute approximate surface area is 106 Å². The van der Waals surface area contributed by atoms with Crippen LogP contribution in [0.4, 0.5) is 0 Å². The van der Waals surface area contributed by atoms with E-state index >= 15 is 0 Å². The van der Waals surface area contributed by atoms with Crippen LogP contribution in [-0.2, 0) is 6.42 Å². The maximum Gasteiger partial charge on any atom is 0.354 e. The zero-order valence-electron chi connectivity index (χ0n) is 10.2. The predicted molar refractivity (Wildman–Crippen MR) is 67.4 cm³/mol. The largest absolute Gasteiger partial charge is 0.477 e. The van der Waals surface area contributed by atoms with Gasteiger partial charge in [0.2, 0.25) is 0 Å². The van der Waals surface area contributed by atoms with Crippen molar-refractivity contribution in [3.63, 3.8) is 0 Å². The number of aliphatic hydroxyl groups is 2. The Bertz CT molecular complexity index is 343. The molecule has 6 heteroatoms. The van der Waals surface area contributed by atoms with Crippen molar-refractivity contribution < 1.29 is 20.1 Å². The summed E-state index contributed by atoms with van der Waals surface area (Å²) in [6, 6.07) is 4.95. The molecule has 0 bridgehead atoms. The lowest BCUT2D eigenvalue weighted by Gasteiger charge is -2.00. The van der Waals surface area contributed by atoms with Gasteiger partial charge in [-0.25, -0.2) is 9.78 Å². The first-order valence-corrected chi connectivity index (χ1v) is 5.76. The van der Waals surface area contributed by atoms with Crippen molar-refractivity contribution in [2.75, 3.05) is 19.8 Å². The fourth-order valence-electron chi connectivity index (χ4n) is 1.16. The summed E-state index contributed by atoms with van der Waals surface area (Å²) in [6.45, 7) is 0.638. The SMILES string of the molecule is NCCO.O=C(O)c1cccc(CCCCO)n1. The number of aromatic carboxylic acids is 1. The van der Waals surface area contributed by atoms with Crippen molar-refractivity contribution in [3.8, 4) is 0 Å². The zero-order chi connectivity index (χ0) is 13.8. The van der Waals surface area contributed by atoms with Gasteiger partial charge in [-0.15, -0.1) is 0 Å². The van der Waals surface area contributed by atoms with E-state index in [1.165, 1.54) is 6.07 Å². The number of hydrogen-bond acceptors (Lipinski definition) is 5. The van der Waals surface area contributed by atoms with Crippen LogP contribution in [0, 0.1) is 0 Å². The third-order valence-electron chi connectivity index (χ3n) is 2.00. The first kappa shape index (κ1) is 16.5. The molecule has 0 radical (unpaired) electrons. The first-order valence-electron chi connectivity index (χ1n) is 5.76. The third kappa shape index (κ3) is 7.72. The number of aryl methyl sites for hydroxylation is 1. The first-order chi connectivity index (χ1) is 8.65. The summed E-state index contributed by atoms with van der Waals surface area (Å²) in [7, 11) is 0. The molecule has 0 amide bonds. The number of aliphatic hydroxyl groups excluding tert-OH is 2. The molecule has 0 spiro atoms. The lowest BCUT2D eigenvalue weighted by Crippen LogP contribution is -2.02. The van der Waals surface area contributed by atoms with Crippen molar-refractivity contribution in [1.82, 2.24) is 4.98 Å². The molecule has 1 aromatic rings. The van der Waals surface area contributed by atoms with Gasteiger partial charge in [0.1, 0.15) is 5.69 Å². The number of rotatable bonds is 6. The highest BCUT2D eigenvalue weighted by Gasteiger charge is 2.04. The van der Waals surface area contributed by atoms with E-state index in [-0.39, 0.29) is 18.9 Å². The van der Waals surface area contributed by atoms with Gasteiger partial charge in [-0.1, -0.05) is 6.07 Å². The third-order valence-corrected chi connectivity index (χ3v) is 2.00. The molecule has 6 nitrogen and oxygen atoms in total. The van der Waals surface area contributed by atoms with E-state index in [2.05, 4.69) is 4.98 Å². The second-order valence-corrected chi connectivity index (χ2v) is 3.51. The summed E-state index contributed by atoms with van der Waals surface area (Å²) in [5.74, 6) is -1.01. The average Bonchev–Trinajstić information content (AvgIpc) is 2.40. The van der Waals surface area contributed by atoms with Gasteiger partial charge in [-0.3, -0.25) is 0 Å². The molecule has 18 heavy (non-hydrogen) atoms. The highest BCUT2D eigenvalue weighted by atomic mass is 16.4. The van der Waals surface area contributed by atoms with Crippen molar-refractivity contribution in [2.45, 2.75) is 19.3 Å². The van der Waals surface area contributed by atoms with Crippen molar-refractivity contribution in [3.05, 3.63) is 29.6 Å². The fraction of sp³-hybridized carbons (Fsp3) is 0.500. The molecule has 0 aliphatic rings. The molecule has 0 aliphatic carbocycles. The summed E-state index contributed by atoms with van der Waals surface area (Å²) in [6.07, 6.45) is 2.26.